The number of ketones is 1. The zero-order valence-electron chi connectivity index (χ0n) is 33.7. The third-order valence-corrected chi connectivity index (χ3v) is 8.80. The number of carbonyl (C=O) groups excluding carboxylic acids is 8. The number of nitrogens with two attached hydrogens (primary N) is 1. The Hall–Kier alpha value is -5.48. The van der Waals surface area contributed by atoms with Crippen LogP contribution in [0.15, 0.2) is 36.4 Å². The molecule has 0 saturated heterocycles. The predicted molar refractivity (Wildman–Crippen MR) is 208 cm³/mol. The van der Waals surface area contributed by atoms with Crippen LogP contribution in [0.3, 0.4) is 0 Å². The summed E-state index contributed by atoms with van der Waals surface area (Å²) in [4.78, 5) is 103. The zero-order chi connectivity index (χ0) is 42.0. The molecule has 2 rings (SSSR count). The lowest BCUT2D eigenvalue weighted by molar-refractivity contribution is -0.137. The third kappa shape index (κ3) is 17.3. The maximum Gasteiger partial charge on any atom is 0.410 e. The van der Waals surface area contributed by atoms with Gasteiger partial charge in [0.2, 0.25) is 11.8 Å². The van der Waals surface area contributed by atoms with Crippen LogP contribution in [0.1, 0.15) is 85.1 Å². The van der Waals surface area contributed by atoms with Crippen molar-refractivity contribution in [2.75, 3.05) is 45.6 Å². The summed E-state index contributed by atoms with van der Waals surface area (Å²) in [6, 6.07) is 4.89. The molecule has 1 heterocycles. The van der Waals surface area contributed by atoms with Crippen LogP contribution < -0.4 is 21.7 Å². The van der Waals surface area contributed by atoms with E-state index in [-0.39, 0.29) is 75.6 Å². The molecular formula is C39H59N7O10. The number of nitrogens with zero attached hydrogens (tertiary/aromatic N) is 3. The van der Waals surface area contributed by atoms with E-state index in [1.165, 1.54) is 22.0 Å². The number of carbonyl (C=O) groups is 8. The molecule has 0 unspecified atom stereocenters. The normalized spacial score (nSPS) is 13.5. The predicted octanol–water partition coefficient (Wildman–Crippen LogP) is 3.71. The number of nitrogens with one attached hydrogen (secondary N) is 3. The summed E-state index contributed by atoms with van der Waals surface area (Å²) < 4.78 is 10.7. The van der Waals surface area contributed by atoms with E-state index in [4.69, 9.17) is 15.2 Å². The van der Waals surface area contributed by atoms with E-state index >= 15 is 0 Å². The summed E-state index contributed by atoms with van der Waals surface area (Å²) in [6.45, 7) is 9.83. The highest BCUT2D eigenvalue weighted by molar-refractivity contribution is 6.12. The van der Waals surface area contributed by atoms with Gasteiger partial charge in [0.1, 0.15) is 24.0 Å². The molecule has 0 fully saturated rings. The van der Waals surface area contributed by atoms with Crippen LogP contribution in [0.4, 0.5) is 20.1 Å². The number of imide groups is 1. The van der Waals surface area contributed by atoms with Gasteiger partial charge in [0.15, 0.2) is 0 Å². The fourth-order valence-electron chi connectivity index (χ4n) is 5.46. The molecule has 56 heavy (non-hydrogen) atoms. The number of unbranched alkanes of at least 4 members (excludes halogenated alkanes) is 2. The number of benzene rings is 1. The van der Waals surface area contributed by atoms with E-state index in [0.717, 1.165) is 4.90 Å². The number of anilines is 1. The lowest BCUT2D eigenvalue weighted by Crippen LogP contribution is -2.47. The highest BCUT2D eigenvalue weighted by atomic mass is 16.6. The van der Waals surface area contributed by atoms with E-state index in [1.54, 1.807) is 59.1 Å². The van der Waals surface area contributed by atoms with Gasteiger partial charge in [0.25, 0.3) is 11.8 Å². The van der Waals surface area contributed by atoms with Gasteiger partial charge in [0.05, 0.1) is 0 Å². The number of hydrogen-bond acceptors (Lipinski definition) is 10. The minimum absolute atomic E-state index is 0.0148. The Labute approximate surface area is 329 Å². The molecule has 1 aromatic carbocycles. The lowest BCUT2D eigenvalue weighted by atomic mass is 9.88. The molecule has 0 radical (unpaired) electrons. The molecule has 1 aliphatic heterocycles. The zero-order valence-corrected chi connectivity index (χ0v) is 33.7. The van der Waals surface area contributed by atoms with Crippen LogP contribution in [0.5, 0.6) is 0 Å². The molecular weight excluding hydrogens is 726 g/mol. The van der Waals surface area contributed by atoms with Gasteiger partial charge in [-0.3, -0.25) is 28.9 Å². The largest absolute Gasteiger partial charge is 0.445 e. The summed E-state index contributed by atoms with van der Waals surface area (Å²) in [5.41, 5.74) is 5.60. The fourth-order valence-corrected chi connectivity index (χ4v) is 5.46. The number of ether oxygens (including phenoxy) is 2. The van der Waals surface area contributed by atoms with E-state index in [0.29, 0.717) is 36.9 Å². The fraction of sp³-hybridized carbons (Fsp3) is 0.590. The second-order valence-electron chi connectivity index (χ2n) is 15.1. The number of urea groups is 1. The van der Waals surface area contributed by atoms with Crippen molar-refractivity contribution in [3.63, 3.8) is 0 Å². The Morgan fingerprint density at radius 3 is 2.02 bits per heavy atom. The van der Waals surface area contributed by atoms with Gasteiger partial charge >= 0.3 is 18.2 Å². The number of primary amides is 1. The van der Waals surface area contributed by atoms with E-state index in [1.807, 2.05) is 13.8 Å². The average Bonchev–Trinajstić information content (AvgIpc) is 3.44. The van der Waals surface area contributed by atoms with Gasteiger partial charge in [-0.2, -0.15) is 0 Å². The number of likely N-dealkylation sites (N-methyl/N-ethyl adjacent to an activating group) is 2. The number of hydrogen-bond donors (Lipinski definition) is 4. The van der Waals surface area contributed by atoms with Crippen molar-refractivity contribution in [1.82, 2.24) is 25.3 Å². The first-order valence-corrected chi connectivity index (χ1v) is 18.9. The van der Waals surface area contributed by atoms with Crippen LogP contribution in [0, 0.1) is 11.8 Å². The number of Topliss-reactive ketones (excluding diaryl/α,β-unsaturated/α-hetero) is 1. The Balaban J connectivity index is 1.92. The first kappa shape index (κ1) is 46.7. The van der Waals surface area contributed by atoms with Gasteiger partial charge in [-0.15, -0.1) is 0 Å². The Morgan fingerprint density at radius 2 is 1.45 bits per heavy atom. The number of rotatable bonds is 22. The molecule has 0 bridgehead atoms. The minimum Gasteiger partial charge on any atom is -0.445 e. The Kier molecular flexibility index (Phi) is 19.0. The number of amides is 8. The molecule has 0 saturated carbocycles. The SMILES string of the molecule is CC(C)[C@@H](CC(=O)CCCCCN1C(=O)C=CC1=O)C(=O)N[C@H](CCCNC(N)=O)C(=O)Nc1ccc(COC(=O)N(C)CCN(C)C(=O)OC(C)(C)C)cc1. The minimum atomic E-state index is -0.996. The molecule has 5 N–H and O–H groups in total. The monoisotopic (exact) mass is 785 g/mol. The summed E-state index contributed by atoms with van der Waals surface area (Å²) in [5, 5.41) is 8.06. The molecule has 17 nitrogen and oxygen atoms in total. The van der Waals surface area contributed by atoms with E-state index in [2.05, 4.69) is 16.0 Å². The maximum atomic E-state index is 13.5. The van der Waals surface area contributed by atoms with Crippen LogP contribution in [-0.4, -0.2) is 114 Å². The van der Waals surface area contributed by atoms with Gasteiger partial charge in [-0.05, 0) is 70.1 Å². The standard InChI is InChI=1S/C39H59N7O10/c1-26(2)30(24-29(47)12-9-8-10-21-46-32(48)18-19-33(46)49)34(50)43-31(13-11-20-41-36(40)52)35(51)42-28-16-14-27(15-17-28)25-55-37(53)44(6)22-23-45(7)38(54)56-39(3,4)5/h14-19,26,30-31H,8-13,20-25H2,1-7H3,(H,42,51)(H,43,50)(H3,40,41,52)/t30-,31-/m1/s1. The summed E-state index contributed by atoms with van der Waals surface area (Å²) in [5.74, 6) is -2.65. The molecule has 2 atom stereocenters. The summed E-state index contributed by atoms with van der Waals surface area (Å²) >= 11 is 0. The molecule has 0 aromatic heterocycles. The second kappa shape index (κ2) is 22.8. The molecule has 310 valence electrons. The van der Waals surface area contributed by atoms with Crippen LogP contribution in [0.25, 0.3) is 0 Å². The van der Waals surface area contributed by atoms with Crippen molar-refractivity contribution in [2.24, 2.45) is 17.6 Å². The molecule has 17 heteroatoms. The molecule has 0 aliphatic carbocycles. The second-order valence-corrected chi connectivity index (χ2v) is 15.1. The van der Waals surface area contributed by atoms with Gasteiger partial charge in [-0.1, -0.05) is 32.4 Å². The summed E-state index contributed by atoms with van der Waals surface area (Å²) in [7, 11) is 3.13. The van der Waals surface area contributed by atoms with Crippen molar-refractivity contribution >= 4 is 53.3 Å². The van der Waals surface area contributed by atoms with Crippen molar-refractivity contribution in [2.45, 2.75) is 97.8 Å². The lowest BCUT2D eigenvalue weighted by Gasteiger charge is -2.26. The topological polar surface area (TPSA) is 227 Å². The molecule has 8 amide bonds. The first-order valence-electron chi connectivity index (χ1n) is 18.9. The van der Waals surface area contributed by atoms with E-state index in [9.17, 15) is 38.4 Å². The smallest absolute Gasteiger partial charge is 0.410 e. The highest BCUT2D eigenvalue weighted by Crippen LogP contribution is 2.20. The Bertz CT molecular complexity index is 1550. The molecule has 0 spiro atoms. The van der Waals surface area contributed by atoms with Crippen molar-refractivity contribution in [3.8, 4) is 0 Å². The molecule has 1 aliphatic rings. The third-order valence-electron chi connectivity index (χ3n) is 8.80. The summed E-state index contributed by atoms with van der Waals surface area (Å²) in [6.07, 6.45) is 3.83. The van der Waals surface area contributed by atoms with Gasteiger partial charge in [0, 0.05) is 76.9 Å². The Morgan fingerprint density at radius 1 is 0.839 bits per heavy atom. The van der Waals surface area contributed by atoms with Crippen molar-refractivity contribution in [1.29, 1.82) is 0 Å². The quantitative estimate of drug-likeness (QED) is 0.0985. The van der Waals surface area contributed by atoms with Crippen LogP contribution >= 0.6 is 0 Å². The average molecular weight is 786 g/mol. The highest BCUT2D eigenvalue weighted by Gasteiger charge is 2.29. The van der Waals surface area contributed by atoms with Gasteiger partial charge < -0.3 is 41.0 Å². The first-order chi connectivity index (χ1) is 26.3. The molecule has 1 aromatic rings. The van der Waals surface area contributed by atoms with Crippen LogP contribution in [0.2, 0.25) is 0 Å². The van der Waals surface area contributed by atoms with Gasteiger partial charge in [-0.25, -0.2) is 14.4 Å². The van der Waals surface area contributed by atoms with E-state index < -0.39 is 47.6 Å². The van der Waals surface area contributed by atoms with Crippen molar-refractivity contribution < 1.29 is 47.8 Å². The van der Waals surface area contributed by atoms with Crippen molar-refractivity contribution in [3.05, 3.63) is 42.0 Å². The maximum absolute atomic E-state index is 13.5. The van der Waals surface area contributed by atoms with Crippen LogP contribution in [-0.2, 0) is 40.1 Å².